The van der Waals surface area contributed by atoms with Gasteiger partial charge in [0.1, 0.15) is 5.69 Å². The van der Waals surface area contributed by atoms with Crippen LogP contribution in [0.1, 0.15) is 26.2 Å². The number of nitrogens with zero attached hydrogens (tertiary/aromatic N) is 2. The SMILES string of the molecule is CCCCCNc1cc(N)cnc1[N+](=O)[O-]. The summed E-state index contributed by atoms with van der Waals surface area (Å²) in [6, 6.07) is 1.54. The molecule has 0 saturated carbocycles. The molecule has 6 heteroatoms. The van der Waals surface area contributed by atoms with Crippen molar-refractivity contribution in [1.29, 1.82) is 0 Å². The third-order valence-electron chi connectivity index (χ3n) is 2.16. The summed E-state index contributed by atoms with van der Waals surface area (Å²) in [4.78, 5) is 13.9. The molecule has 0 spiro atoms. The molecule has 0 aliphatic heterocycles. The Hall–Kier alpha value is -1.85. The van der Waals surface area contributed by atoms with E-state index in [1.54, 1.807) is 0 Å². The molecule has 6 nitrogen and oxygen atoms in total. The minimum atomic E-state index is -0.512. The molecule has 0 aliphatic carbocycles. The Labute approximate surface area is 94.0 Å². The first-order valence-electron chi connectivity index (χ1n) is 5.29. The molecule has 88 valence electrons. The molecule has 1 heterocycles. The molecule has 0 aromatic carbocycles. The number of unbranched alkanes of at least 4 members (excludes halogenated alkanes) is 2. The zero-order valence-electron chi connectivity index (χ0n) is 9.27. The van der Waals surface area contributed by atoms with Crippen LogP contribution in [0.2, 0.25) is 0 Å². The van der Waals surface area contributed by atoms with Crippen LogP contribution in [0.3, 0.4) is 0 Å². The molecule has 0 radical (unpaired) electrons. The molecular weight excluding hydrogens is 208 g/mol. The van der Waals surface area contributed by atoms with Crippen LogP contribution in [0.5, 0.6) is 0 Å². The molecule has 16 heavy (non-hydrogen) atoms. The second-order valence-electron chi connectivity index (χ2n) is 3.53. The van der Waals surface area contributed by atoms with Gasteiger partial charge in [-0.15, -0.1) is 0 Å². The number of pyridine rings is 1. The predicted octanol–water partition coefficient (Wildman–Crippen LogP) is 2.17. The van der Waals surface area contributed by atoms with Crippen molar-refractivity contribution in [3.05, 3.63) is 22.4 Å². The number of nitrogens with one attached hydrogen (secondary N) is 1. The highest BCUT2D eigenvalue weighted by molar-refractivity contribution is 5.62. The molecular formula is C10H16N4O2. The summed E-state index contributed by atoms with van der Waals surface area (Å²) in [5, 5.41) is 13.7. The molecule has 0 fully saturated rings. The maximum absolute atomic E-state index is 10.7. The minimum absolute atomic E-state index is 0.175. The number of nitrogen functional groups attached to an aromatic ring is 1. The van der Waals surface area contributed by atoms with E-state index in [4.69, 9.17) is 5.73 Å². The summed E-state index contributed by atoms with van der Waals surface area (Å²) in [7, 11) is 0. The monoisotopic (exact) mass is 224 g/mol. The summed E-state index contributed by atoms with van der Waals surface area (Å²) >= 11 is 0. The number of aromatic nitrogens is 1. The molecule has 1 aromatic heterocycles. The van der Waals surface area contributed by atoms with E-state index in [0.29, 0.717) is 17.9 Å². The number of anilines is 2. The van der Waals surface area contributed by atoms with Gasteiger partial charge in [-0.3, -0.25) is 0 Å². The van der Waals surface area contributed by atoms with Crippen LogP contribution >= 0.6 is 0 Å². The number of nitro groups is 1. The summed E-state index contributed by atoms with van der Waals surface area (Å²) in [5.41, 5.74) is 6.34. The van der Waals surface area contributed by atoms with E-state index in [0.717, 1.165) is 19.3 Å². The number of rotatable bonds is 6. The van der Waals surface area contributed by atoms with E-state index in [2.05, 4.69) is 17.2 Å². The quantitative estimate of drug-likeness (QED) is 0.438. The molecule has 1 rings (SSSR count). The van der Waals surface area contributed by atoms with Crippen molar-refractivity contribution < 1.29 is 4.92 Å². The average molecular weight is 224 g/mol. The zero-order chi connectivity index (χ0) is 12.0. The van der Waals surface area contributed by atoms with Crippen molar-refractivity contribution in [3.8, 4) is 0 Å². The van der Waals surface area contributed by atoms with Gasteiger partial charge in [-0.25, -0.2) is 0 Å². The first-order chi connectivity index (χ1) is 7.65. The third kappa shape index (κ3) is 3.38. The lowest BCUT2D eigenvalue weighted by molar-refractivity contribution is -0.388. The Morgan fingerprint density at radius 2 is 2.31 bits per heavy atom. The lowest BCUT2D eigenvalue weighted by Gasteiger charge is -2.06. The highest BCUT2D eigenvalue weighted by Gasteiger charge is 2.14. The van der Waals surface area contributed by atoms with Gasteiger partial charge in [0.15, 0.2) is 6.20 Å². The highest BCUT2D eigenvalue weighted by Crippen LogP contribution is 2.23. The fourth-order valence-electron chi connectivity index (χ4n) is 1.35. The first kappa shape index (κ1) is 12.2. The maximum Gasteiger partial charge on any atom is 0.387 e. The van der Waals surface area contributed by atoms with Gasteiger partial charge in [0.25, 0.3) is 0 Å². The predicted molar refractivity (Wildman–Crippen MR) is 63.3 cm³/mol. The molecule has 0 bridgehead atoms. The standard InChI is InChI=1S/C10H16N4O2/c1-2-3-4-5-12-9-6-8(11)7-13-10(9)14(15)16/h6-7,12H,2-5,11H2,1H3. The molecule has 1 aromatic rings. The van der Waals surface area contributed by atoms with Crippen molar-refractivity contribution in [2.45, 2.75) is 26.2 Å². The average Bonchev–Trinajstić information content (AvgIpc) is 2.24. The minimum Gasteiger partial charge on any atom is -0.396 e. The molecule has 0 unspecified atom stereocenters. The fraction of sp³-hybridized carbons (Fsp3) is 0.500. The van der Waals surface area contributed by atoms with Crippen molar-refractivity contribution in [2.75, 3.05) is 17.6 Å². The van der Waals surface area contributed by atoms with Gasteiger partial charge in [0, 0.05) is 6.54 Å². The Balaban J connectivity index is 2.68. The smallest absolute Gasteiger partial charge is 0.387 e. The van der Waals surface area contributed by atoms with Gasteiger partial charge >= 0.3 is 5.82 Å². The second-order valence-corrected chi connectivity index (χ2v) is 3.53. The highest BCUT2D eigenvalue weighted by atomic mass is 16.6. The van der Waals surface area contributed by atoms with Gasteiger partial charge in [-0.05, 0) is 22.4 Å². The van der Waals surface area contributed by atoms with E-state index in [1.807, 2.05) is 0 Å². The maximum atomic E-state index is 10.7. The van der Waals surface area contributed by atoms with Crippen molar-refractivity contribution >= 4 is 17.2 Å². The second kappa shape index (κ2) is 5.89. The first-order valence-corrected chi connectivity index (χ1v) is 5.29. The zero-order valence-corrected chi connectivity index (χ0v) is 9.27. The van der Waals surface area contributed by atoms with Crippen molar-refractivity contribution in [3.63, 3.8) is 0 Å². The topological polar surface area (TPSA) is 94.1 Å². The van der Waals surface area contributed by atoms with Crippen LogP contribution in [0, 0.1) is 10.1 Å². The van der Waals surface area contributed by atoms with E-state index < -0.39 is 4.92 Å². The van der Waals surface area contributed by atoms with Gasteiger partial charge in [-0.1, -0.05) is 19.8 Å². The van der Waals surface area contributed by atoms with Crippen molar-refractivity contribution in [1.82, 2.24) is 4.98 Å². The normalized spacial score (nSPS) is 10.1. The van der Waals surface area contributed by atoms with E-state index in [1.165, 1.54) is 12.3 Å². The Morgan fingerprint density at radius 3 is 2.94 bits per heavy atom. The van der Waals surface area contributed by atoms with Crippen LogP contribution in [0.15, 0.2) is 12.3 Å². The van der Waals surface area contributed by atoms with E-state index >= 15 is 0 Å². The van der Waals surface area contributed by atoms with Crippen LogP contribution in [0.25, 0.3) is 0 Å². The van der Waals surface area contributed by atoms with Crippen molar-refractivity contribution in [2.24, 2.45) is 0 Å². The molecule has 3 N–H and O–H groups in total. The number of hydrogen-bond acceptors (Lipinski definition) is 5. The Bertz CT molecular complexity index is 368. The van der Waals surface area contributed by atoms with Gasteiger partial charge in [-0.2, -0.15) is 0 Å². The number of nitrogens with two attached hydrogens (primary N) is 1. The van der Waals surface area contributed by atoms with Gasteiger partial charge in [0.2, 0.25) is 0 Å². The molecule has 0 amide bonds. The summed E-state index contributed by atoms with van der Waals surface area (Å²) in [6.07, 6.45) is 4.47. The van der Waals surface area contributed by atoms with Crippen LogP contribution in [0.4, 0.5) is 17.2 Å². The molecule has 0 atom stereocenters. The van der Waals surface area contributed by atoms with Gasteiger partial charge < -0.3 is 21.2 Å². The number of hydrogen-bond donors (Lipinski definition) is 2. The lowest BCUT2D eigenvalue weighted by atomic mass is 10.2. The summed E-state index contributed by atoms with van der Waals surface area (Å²) < 4.78 is 0. The van der Waals surface area contributed by atoms with E-state index in [9.17, 15) is 10.1 Å². The van der Waals surface area contributed by atoms with Crippen LogP contribution < -0.4 is 11.1 Å². The largest absolute Gasteiger partial charge is 0.396 e. The van der Waals surface area contributed by atoms with Crippen LogP contribution in [-0.2, 0) is 0 Å². The summed E-state index contributed by atoms with van der Waals surface area (Å²) in [6.45, 7) is 2.80. The van der Waals surface area contributed by atoms with E-state index in [-0.39, 0.29) is 5.82 Å². The lowest BCUT2D eigenvalue weighted by Crippen LogP contribution is -2.06. The Morgan fingerprint density at radius 1 is 1.56 bits per heavy atom. The van der Waals surface area contributed by atoms with Crippen LogP contribution in [-0.4, -0.2) is 16.5 Å². The molecule has 0 aliphatic rings. The summed E-state index contributed by atoms with van der Waals surface area (Å²) in [5.74, 6) is -0.175. The fourth-order valence-corrected chi connectivity index (χ4v) is 1.35. The molecule has 0 saturated heterocycles. The Kier molecular flexibility index (Phi) is 4.50. The third-order valence-corrected chi connectivity index (χ3v) is 2.16. The van der Waals surface area contributed by atoms with Gasteiger partial charge in [0.05, 0.1) is 5.69 Å².